The minimum Gasteiger partial charge on any atom is -0.253 e. The van der Waals surface area contributed by atoms with Gasteiger partial charge in [0.2, 0.25) is 0 Å². The van der Waals surface area contributed by atoms with Crippen molar-refractivity contribution in [1.29, 1.82) is 0 Å². The lowest BCUT2D eigenvalue weighted by atomic mass is 10.5. The van der Waals surface area contributed by atoms with Crippen LogP contribution in [0, 0.1) is 20.2 Å². The van der Waals surface area contributed by atoms with E-state index in [0.717, 1.165) is 4.57 Å². The Bertz CT molecular complexity index is 312. The maximum absolute atomic E-state index is 10.3. The third-order valence-electron chi connectivity index (χ3n) is 1.38. The second kappa shape index (κ2) is 3.57. The number of rotatable bonds is 3. The average molecular weight is 184 g/mol. The summed E-state index contributed by atoms with van der Waals surface area (Å²) in [5, 5.41) is 20.6. The first-order valence-electron chi connectivity index (χ1n) is 3.35. The van der Waals surface area contributed by atoms with Crippen LogP contribution in [0.15, 0.2) is 30.6 Å². The second-order valence-corrected chi connectivity index (χ2v) is 2.24. The zero-order valence-electron chi connectivity index (χ0n) is 6.44. The molecule has 0 aliphatic carbocycles. The quantitative estimate of drug-likeness (QED) is 0.286. The molecule has 0 aliphatic heterocycles. The number of hydrogen-bond donors (Lipinski definition) is 0. The molecule has 0 radical (unpaired) electrons. The second-order valence-electron chi connectivity index (χ2n) is 2.24. The maximum atomic E-state index is 10.3. The van der Waals surface area contributed by atoms with Crippen LogP contribution in [0.5, 0.6) is 0 Å². The number of pyridine rings is 1. The van der Waals surface area contributed by atoms with Gasteiger partial charge in [-0.1, -0.05) is 10.6 Å². The van der Waals surface area contributed by atoms with Gasteiger partial charge in [-0.2, -0.15) is 0 Å². The van der Waals surface area contributed by atoms with Crippen molar-refractivity contribution < 1.29 is 14.4 Å². The van der Waals surface area contributed by atoms with Crippen LogP contribution in [0.3, 0.4) is 0 Å². The van der Waals surface area contributed by atoms with Crippen LogP contribution in [0.25, 0.3) is 0 Å². The van der Waals surface area contributed by atoms with E-state index in [0.29, 0.717) is 0 Å². The van der Waals surface area contributed by atoms with Gasteiger partial charge in [0.15, 0.2) is 22.2 Å². The van der Waals surface area contributed by atoms with Crippen molar-refractivity contribution in [3.05, 3.63) is 50.8 Å². The molecule has 0 amide bonds. The largest absolute Gasteiger partial charge is 0.646 e. The topological polar surface area (TPSA) is 90.2 Å². The van der Waals surface area contributed by atoms with Gasteiger partial charge in [0, 0.05) is 12.1 Å². The molecule has 0 aromatic carbocycles. The Morgan fingerprint density at radius 2 is 1.46 bits per heavy atom. The molecule has 1 heterocycles. The van der Waals surface area contributed by atoms with E-state index in [1.54, 1.807) is 6.07 Å². The highest BCUT2D eigenvalue weighted by Gasteiger charge is 2.41. The summed E-state index contributed by atoms with van der Waals surface area (Å²) >= 11 is 0. The van der Waals surface area contributed by atoms with Gasteiger partial charge >= 0.3 is 6.29 Å². The molecule has 1 aromatic heterocycles. The monoisotopic (exact) mass is 184 g/mol. The smallest absolute Gasteiger partial charge is 0.253 e. The molecular formula is C6H6N3O4+. The molecule has 0 atom stereocenters. The first-order chi connectivity index (χ1) is 6.13. The molecule has 0 unspecified atom stereocenters. The van der Waals surface area contributed by atoms with Crippen LogP contribution in [0.4, 0.5) is 0 Å². The van der Waals surface area contributed by atoms with Gasteiger partial charge in [-0.25, -0.2) is 0 Å². The molecular weight excluding hydrogens is 178 g/mol. The first-order valence-corrected chi connectivity index (χ1v) is 3.35. The van der Waals surface area contributed by atoms with Gasteiger partial charge in [0.25, 0.3) is 0 Å². The fraction of sp³-hybridized carbons (Fsp3) is 0.167. The highest BCUT2D eigenvalue weighted by molar-refractivity contribution is 4.83. The van der Waals surface area contributed by atoms with Crippen molar-refractivity contribution in [2.75, 3.05) is 0 Å². The van der Waals surface area contributed by atoms with Gasteiger partial charge in [-0.15, -0.1) is 0 Å². The number of hydrogen-bond acceptors (Lipinski definition) is 4. The van der Waals surface area contributed by atoms with Crippen molar-refractivity contribution in [3.8, 4) is 0 Å². The van der Waals surface area contributed by atoms with E-state index < -0.39 is 16.1 Å². The van der Waals surface area contributed by atoms with E-state index in [1.165, 1.54) is 24.5 Å². The maximum Gasteiger partial charge on any atom is 0.646 e. The molecule has 0 fully saturated rings. The summed E-state index contributed by atoms with van der Waals surface area (Å²) in [7, 11) is 0. The van der Waals surface area contributed by atoms with Crippen LogP contribution in [-0.4, -0.2) is 9.85 Å². The van der Waals surface area contributed by atoms with Gasteiger partial charge in [-0.3, -0.25) is 20.2 Å². The van der Waals surface area contributed by atoms with E-state index in [9.17, 15) is 20.2 Å². The Hall–Kier alpha value is -2.05. The summed E-state index contributed by atoms with van der Waals surface area (Å²) in [5.41, 5.74) is 0. The van der Waals surface area contributed by atoms with Gasteiger partial charge in [0.05, 0.1) is 0 Å². The lowest BCUT2D eigenvalue weighted by Gasteiger charge is -1.95. The molecule has 1 aromatic rings. The molecule has 0 saturated heterocycles. The summed E-state index contributed by atoms with van der Waals surface area (Å²) in [6.45, 7) is 0. The SMILES string of the molecule is O=[N+]([O-])C([N+](=O)[O-])[n+]1ccccc1. The van der Waals surface area contributed by atoms with Crippen molar-refractivity contribution >= 4 is 0 Å². The predicted octanol–water partition coefficient (Wildman–Crippen LogP) is -0.0164. The van der Waals surface area contributed by atoms with Crippen LogP contribution in [0.2, 0.25) is 0 Å². The third-order valence-corrected chi connectivity index (χ3v) is 1.38. The molecule has 0 bridgehead atoms. The Morgan fingerprint density at radius 1 is 1.00 bits per heavy atom. The molecule has 68 valence electrons. The van der Waals surface area contributed by atoms with E-state index in [4.69, 9.17) is 0 Å². The minimum absolute atomic E-state index is 0.917. The fourth-order valence-electron chi connectivity index (χ4n) is 0.861. The van der Waals surface area contributed by atoms with Gasteiger partial charge in [0.1, 0.15) is 0 Å². The normalized spacial score (nSPS) is 9.92. The van der Waals surface area contributed by atoms with E-state index in [-0.39, 0.29) is 0 Å². The summed E-state index contributed by atoms with van der Waals surface area (Å²) in [6.07, 6.45) is 0.605. The van der Waals surface area contributed by atoms with Crippen LogP contribution in [-0.2, 0) is 0 Å². The van der Waals surface area contributed by atoms with Gasteiger partial charge < -0.3 is 0 Å². The molecule has 1 rings (SSSR count). The summed E-state index contributed by atoms with van der Waals surface area (Å²) in [6, 6.07) is 4.59. The summed E-state index contributed by atoms with van der Waals surface area (Å²) in [5.74, 6) is 0. The van der Waals surface area contributed by atoms with Crippen molar-refractivity contribution in [1.82, 2.24) is 0 Å². The summed E-state index contributed by atoms with van der Waals surface area (Å²) < 4.78 is 0.917. The van der Waals surface area contributed by atoms with Crippen LogP contribution >= 0.6 is 0 Å². The van der Waals surface area contributed by atoms with E-state index in [2.05, 4.69) is 0 Å². The number of aromatic nitrogens is 1. The third kappa shape index (κ3) is 1.95. The van der Waals surface area contributed by atoms with Crippen molar-refractivity contribution in [2.45, 2.75) is 6.29 Å². The first kappa shape index (κ1) is 9.04. The average Bonchev–Trinajstić information content (AvgIpc) is 2.04. The van der Waals surface area contributed by atoms with Gasteiger partial charge in [-0.05, 0) is 0 Å². The molecule has 0 N–H and O–H groups in total. The number of nitro groups is 2. The Kier molecular flexibility index (Phi) is 2.48. The minimum atomic E-state index is -1.94. The summed E-state index contributed by atoms with van der Waals surface area (Å²) in [4.78, 5) is 18.7. The van der Waals surface area contributed by atoms with E-state index >= 15 is 0 Å². The lowest BCUT2D eigenvalue weighted by molar-refractivity contribution is -1.01. The highest BCUT2D eigenvalue weighted by Crippen LogP contribution is 1.96. The zero-order valence-corrected chi connectivity index (χ0v) is 6.44. The zero-order chi connectivity index (χ0) is 9.84. The molecule has 0 aliphatic rings. The molecule has 0 spiro atoms. The Labute approximate surface area is 72.5 Å². The Balaban J connectivity index is 3.03. The molecule has 7 nitrogen and oxygen atoms in total. The number of nitrogens with zero attached hydrogens (tertiary/aromatic N) is 3. The molecule has 13 heavy (non-hydrogen) atoms. The predicted molar refractivity (Wildman–Crippen MR) is 39.7 cm³/mol. The lowest BCUT2D eigenvalue weighted by Crippen LogP contribution is -2.47. The van der Waals surface area contributed by atoms with Crippen LogP contribution in [0.1, 0.15) is 6.29 Å². The van der Waals surface area contributed by atoms with Crippen LogP contribution < -0.4 is 4.57 Å². The van der Waals surface area contributed by atoms with Crippen molar-refractivity contribution in [3.63, 3.8) is 0 Å². The molecule has 0 saturated carbocycles. The fourth-order valence-corrected chi connectivity index (χ4v) is 0.861. The Morgan fingerprint density at radius 3 is 1.85 bits per heavy atom. The van der Waals surface area contributed by atoms with Crippen molar-refractivity contribution in [2.24, 2.45) is 0 Å². The highest BCUT2D eigenvalue weighted by atomic mass is 16.7. The molecule has 7 heteroatoms. The van der Waals surface area contributed by atoms with E-state index in [1.807, 2.05) is 0 Å². The standard InChI is InChI=1S/C6H6N3O4/c10-8(11)6(9(12)13)7-4-2-1-3-5-7/h1-6H/q+1.